The third kappa shape index (κ3) is 3.71. The molecule has 0 saturated carbocycles. The number of carbonyl (C=O) groups is 1. The van der Waals surface area contributed by atoms with E-state index >= 15 is 0 Å². The number of sulfonamides is 1. The van der Waals surface area contributed by atoms with Crippen molar-refractivity contribution in [1.82, 2.24) is 4.31 Å². The number of benzene rings is 1. The minimum absolute atomic E-state index is 0.116. The monoisotopic (exact) mass is 301 g/mol. The van der Waals surface area contributed by atoms with Gasteiger partial charge in [0.15, 0.2) is 0 Å². The second kappa shape index (κ2) is 6.71. The number of carbonyl (C=O) groups excluding carboxylic acids is 1. The molecule has 1 aromatic rings. The number of hydrogen-bond donors (Lipinski definition) is 0. The number of methoxy groups -OCH3 is 1. The Labute approximate surface area is 119 Å². The first kappa shape index (κ1) is 16.5. The highest BCUT2D eigenvalue weighted by molar-refractivity contribution is 7.89. The highest BCUT2D eigenvalue weighted by atomic mass is 32.2. The lowest BCUT2D eigenvalue weighted by molar-refractivity contribution is -0.140. The summed E-state index contributed by atoms with van der Waals surface area (Å²) < 4.78 is 35.3. The number of esters is 1. The molecule has 20 heavy (non-hydrogen) atoms. The molecule has 0 fully saturated rings. The molecular weight excluding hydrogens is 282 g/mol. The van der Waals surface area contributed by atoms with E-state index in [1.54, 1.807) is 13.0 Å². The van der Waals surface area contributed by atoms with Crippen molar-refractivity contribution in [3.05, 3.63) is 23.8 Å². The smallest absolute Gasteiger partial charge is 0.321 e. The maximum atomic E-state index is 12.3. The van der Waals surface area contributed by atoms with Crippen LogP contribution < -0.4 is 4.74 Å². The quantitative estimate of drug-likeness (QED) is 0.738. The Morgan fingerprint density at radius 1 is 1.35 bits per heavy atom. The molecule has 1 aromatic carbocycles. The van der Waals surface area contributed by atoms with Gasteiger partial charge in [-0.25, -0.2) is 8.42 Å². The van der Waals surface area contributed by atoms with Crippen LogP contribution in [-0.2, 0) is 19.6 Å². The Morgan fingerprint density at radius 2 is 2.00 bits per heavy atom. The lowest BCUT2D eigenvalue weighted by atomic mass is 10.2. The van der Waals surface area contributed by atoms with Crippen LogP contribution in [-0.4, -0.2) is 46.0 Å². The molecule has 0 radical (unpaired) electrons. The number of ether oxygens (including phenoxy) is 2. The predicted molar refractivity (Wildman–Crippen MR) is 74.2 cm³/mol. The molecule has 0 aliphatic rings. The van der Waals surface area contributed by atoms with E-state index < -0.39 is 16.0 Å². The van der Waals surface area contributed by atoms with Crippen molar-refractivity contribution in [3.8, 4) is 5.75 Å². The summed E-state index contributed by atoms with van der Waals surface area (Å²) in [5.41, 5.74) is 0.722. The summed E-state index contributed by atoms with van der Waals surface area (Å²) in [6, 6.07) is 4.59. The first-order chi connectivity index (χ1) is 9.32. The number of rotatable bonds is 6. The second-order valence-electron chi connectivity index (χ2n) is 4.20. The van der Waals surface area contributed by atoms with Crippen LogP contribution in [0.2, 0.25) is 0 Å². The Hall–Kier alpha value is -1.60. The summed E-state index contributed by atoms with van der Waals surface area (Å²) in [5, 5.41) is 0. The molecule has 0 spiro atoms. The molecule has 6 nitrogen and oxygen atoms in total. The summed E-state index contributed by atoms with van der Waals surface area (Å²) in [6.07, 6.45) is 0. The standard InChI is InChI=1S/C13H19NO5S/c1-5-19-12-7-6-11(8-10(12)2)20(16,17)14(3)9-13(15)18-4/h6-8H,5,9H2,1-4H3. The molecule has 0 heterocycles. The molecule has 0 aliphatic heterocycles. The van der Waals surface area contributed by atoms with Crippen molar-refractivity contribution < 1.29 is 22.7 Å². The van der Waals surface area contributed by atoms with Gasteiger partial charge < -0.3 is 9.47 Å². The summed E-state index contributed by atoms with van der Waals surface area (Å²) in [7, 11) is -1.18. The van der Waals surface area contributed by atoms with Gasteiger partial charge in [0.05, 0.1) is 18.6 Å². The molecule has 1 rings (SSSR count). The normalized spacial score (nSPS) is 11.4. The van der Waals surface area contributed by atoms with E-state index in [9.17, 15) is 13.2 Å². The molecule has 0 atom stereocenters. The Bertz CT molecular complexity index is 582. The fourth-order valence-electron chi connectivity index (χ4n) is 1.61. The summed E-state index contributed by atoms with van der Waals surface area (Å²) in [4.78, 5) is 11.3. The number of aryl methyl sites for hydroxylation is 1. The summed E-state index contributed by atoms with van der Waals surface area (Å²) in [5.74, 6) is 0.0285. The molecule has 0 N–H and O–H groups in total. The van der Waals surface area contributed by atoms with Gasteiger partial charge >= 0.3 is 5.97 Å². The van der Waals surface area contributed by atoms with E-state index in [2.05, 4.69) is 4.74 Å². The van der Waals surface area contributed by atoms with Crippen LogP contribution in [0, 0.1) is 6.92 Å². The third-order valence-corrected chi connectivity index (χ3v) is 4.53. The van der Waals surface area contributed by atoms with Crippen LogP contribution >= 0.6 is 0 Å². The van der Waals surface area contributed by atoms with Gasteiger partial charge in [-0.2, -0.15) is 4.31 Å². The van der Waals surface area contributed by atoms with Crippen molar-refractivity contribution in [2.24, 2.45) is 0 Å². The van der Waals surface area contributed by atoms with Gasteiger partial charge in [-0.1, -0.05) is 0 Å². The van der Waals surface area contributed by atoms with Crippen molar-refractivity contribution in [2.75, 3.05) is 27.3 Å². The van der Waals surface area contributed by atoms with E-state index in [0.29, 0.717) is 12.4 Å². The molecule has 112 valence electrons. The van der Waals surface area contributed by atoms with Gasteiger partial charge in [-0.15, -0.1) is 0 Å². The van der Waals surface area contributed by atoms with Gasteiger partial charge in [0.25, 0.3) is 0 Å². The van der Waals surface area contributed by atoms with Crippen molar-refractivity contribution in [3.63, 3.8) is 0 Å². The Balaban J connectivity index is 3.03. The molecule has 0 amide bonds. The molecule has 7 heteroatoms. The van der Waals surface area contributed by atoms with Crippen LogP contribution in [0.25, 0.3) is 0 Å². The van der Waals surface area contributed by atoms with Crippen LogP contribution in [0.1, 0.15) is 12.5 Å². The maximum absolute atomic E-state index is 12.3. The molecule has 0 bridgehead atoms. The number of nitrogens with zero attached hydrogens (tertiary/aromatic N) is 1. The largest absolute Gasteiger partial charge is 0.494 e. The van der Waals surface area contributed by atoms with Crippen molar-refractivity contribution in [2.45, 2.75) is 18.7 Å². The third-order valence-electron chi connectivity index (χ3n) is 2.73. The predicted octanol–water partition coefficient (Wildman–Crippen LogP) is 1.19. The van der Waals surface area contributed by atoms with Crippen LogP contribution in [0.15, 0.2) is 23.1 Å². The highest BCUT2D eigenvalue weighted by Gasteiger charge is 2.23. The summed E-state index contributed by atoms with van der Waals surface area (Å²) in [6.45, 7) is 3.80. The van der Waals surface area contributed by atoms with E-state index in [1.807, 2.05) is 6.92 Å². The first-order valence-electron chi connectivity index (χ1n) is 6.09. The number of hydrogen-bond acceptors (Lipinski definition) is 5. The van der Waals surface area contributed by atoms with Gasteiger partial charge in [0.2, 0.25) is 10.0 Å². The number of likely N-dealkylation sites (N-methyl/N-ethyl adjacent to an activating group) is 1. The van der Waals surface area contributed by atoms with E-state index in [4.69, 9.17) is 4.74 Å². The molecular formula is C13H19NO5S. The molecule has 0 aromatic heterocycles. The molecule has 0 saturated heterocycles. The van der Waals surface area contributed by atoms with Crippen molar-refractivity contribution in [1.29, 1.82) is 0 Å². The highest BCUT2D eigenvalue weighted by Crippen LogP contribution is 2.23. The maximum Gasteiger partial charge on any atom is 0.321 e. The van der Waals surface area contributed by atoms with Gasteiger partial charge in [0, 0.05) is 7.05 Å². The topological polar surface area (TPSA) is 72.9 Å². The fraction of sp³-hybridized carbons (Fsp3) is 0.462. The van der Waals surface area contributed by atoms with Crippen LogP contribution in [0.5, 0.6) is 5.75 Å². The Morgan fingerprint density at radius 3 is 2.50 bits per heavy atom. The van der Waals surface area contributed by atoms with Gasteiger partial charge in [-0.05, 0) is 37.6 Å². The van der Waals surface area contributed by atoms with E-state index in [0.717, 1.165) is 9.87 Å². The zero-order valence-corrected chi connectivity index (χ0v) is 12.9. The first-order valence-corrected chi connectivity index (χ1v) is 7.53. The fourth-order valence-corrected chi connectivity index (χ4v) is 2.81. The summed E-state index contributed by atoms with van der Waals surface area (Å²) >= 11 is 0. The van der Waals surface area contributed by atoms with Crippen LogP contribution in [0.4, 0.5) is 0 Å². The lowest BCUT2D eigenvalue weighted by Gasteiger charge is -2.17. The minimum atomic E-state index is -3.72. The zero-order valence-electron chi connectivity index (χ0n) is 12.0. The average Bonchev–Trinajstić information content (AvgIpc) is 2.40. The van der Waals surface area contributed by atoms with Gasteiger partial charge in [0.1, 0.15) is 12.3 Å². The Kier molecular flexibility index (Phi) is 5.52. The molecule has 0 unspecified atom stereocenters. The van der Waals surface area contributed by atoms with Gasteiger partial charge in [-0.3, -0.25) is 4.79 Å². The van der Waals surface area contributed by atoms with Crippen LogP contribution in [0.3, 0.4) is 0 Å². The minimum Gasteiger partial charge on any atom is -0.494 e. The second-order valence-corrected chi connectivity index (χ2v) is 6.24. The van der Waals surface area contributed by atoms with E-state index in [-0.39, 0.29) is 11.4 Å². The SMILES string of the molecule is CCOc1ccc(S(=O)(=O)N(C)CC(=O)OC)cc1C. The average molecular weight is 301 g/mol. The zero-order chi connectivity index (χ0) is 15.3. The van der Waals surface area contributed by atoms with E-state index in [1.165, 1.54) is 26.3 Å². The molecule has 0 aliphatic carbocycles. The lowest BCUT2D eigenvalue weighted by Crippen LogP contribution is -2.32. The van der Waals surface area contributed by atoms with Crippen molar-refractivity contribution >= 4 is 16.0 Å².